The summed E-state index contributed by atoms with van der Waals surface area (Å²) in [5, 5.41) is 0. The van der Waals surface area contributed by atoms with Crippen molar-refractivity contribution in [3.63, 3.8) is 0 Å². The summed E-state index contributed by atoms with van der Waals surface area (Å²) in [4.78, 5) is 13.9. The first-order valence-corrected chi connectivity index (χ1v) is 7.59. The number of ether oxygens (including phenoxy) is 1. The Kier molecular flexibility index (Phi) is 8.06. The van der Waals surface area contributed by atoms with Crippen molar-refractivity contribution in [1.29, 1.82) is 0 Å². The second-order valence-electron chi connectivity index (χ2n) is 5.53. The SMILES string of the molecule is CC(C)OCCCCCCC(=O)N1CCCCC1. The van der Waals surface area contributed by atoms with Gasteiger partial charge in [-0.25, -0.2) is 0 Å². The molecule has 1 heterocycles. The molecular weight excluding hydrogens is 226 g/mol. The van der Waals surface area contributed by atoms with Crippen molar-refractivity contribution in [1.82, 2.24) is 4.90 Å². The molecule has 106 valence electrons. The van der Waals surface area contributed by atoms with E-state index in [9.17, 15) is 4.79 Å². The van der Waals surface area contributed by atoms with Gasteiger partial charge in [0.25, 0.3) is 0 Å². The van der Waals surface area contributed by atoms with E-state index >= 15 is 0 Å². The fourth-order valence-corrected chi connectivity index (χ4v) is 2.35. The van der Waals surface area contributed by atoms with E-state index in [1.807, 2.05) is 4.90 Å². The Labute approximate surface area is 112 Å². The molecule has 0 unspecified atom stereocenters. The fourth-order valence-electron chi connectivity index (χ4n) is 2.35. The summed E-state index contributed by atoms with van der Waals surface area (Å²) < 4.78 is 5.49. The quantitative estimate of drug-likeness (QED) is 0.622. The van der Waals surface area contributed by atoms with Crippen LogP contribution in [0, 0.1) is 0 Å². The summed E-state index contributed by atoms with van der Waals surface area (Å²) in [6.07, 6.45) is 9.25. The van der Waals surface area contributed by atoms with Crippen LogP contribution in [-0.2, 0) is 9.53 Å². The molecular formula is C15H29NO2. The number of hydrogen-bond donors (Lipinski definition) is 0. The standard InChI is InChI=1S/C15H29NO2/c1-14(2)18-13-9-4-3-6-10-15(17)16-11-7-5-8-12-16/h14H,3-13H2,1-2H3. The van der Waals surface area contributed by atoms with Crippen molar-refractivity contribution in [3.05, 3.63) is 0 Å². The Morgan fingerprint density at radius 1 is 1.06 bits per heavy atom. The van der Waals surface area contributed by atoms with Crippen LogP contribution in [0.4, 0.5) is 0 Å². The fraction of sp³-hybridized carbons (Fsp3) is 0.933. The van der Waals surface area contributed by atoms with Crippen LogP contribution in [0.3, 0.4) is 0 Å². The zero-order valence-corrected chi connectivity index (χ0v) is 12.1. The lowest BCUT2D eigenvalue weighted by atomic mass is 10.1. The number of rotatable bonds is 8. The van der Waals surface area contributed by atoms with Gasteiger partial charge < -0.3 is 9.64 Å². The van der Waals surface area contributed by atoms with Gasteiger partial charge in [-0.1, -0.05) is 12.8 Å². The summed E-state index contributed by atoms with van der Waals surface area (Å²) in [7, 11) is 0. The van der Waals surface area contributed by atoms with Gasteiger partial charge in [0.1, 0.15) is 0 Å². The van der Waals surface area contributed by atoms with Crippen LogP contribution in [0.5, 0.6) is 0 Å². The zero-order chi connectivity index (χ0) is 13.2. The lowest BCUT2D eigenvalue weighted by Gasteiger charge is -2.26. The van der Waals surface area contributed by atoms with Gasteiger partial charge in [-0.2, -0.15) is 0 Å². The Morgan fingerprint density at radius 3 is 2.39 bits per heavy atom. The lowest BCUT2D eigenvalue weighted by molar-refractivity contribution is -0.132. The van der Waals surface area contributed by atoms with Gasteiger partial charge >= 0.3 is 0 Å². The van der Waals surface area contributed by atoms with Gasteiger partial charge in [-0.3, -0.25) is 4.79 Å². The minimum atomic E-state index is 0.339. The van der Waals surface area contributed by atoms with E-state index in [1.165, 1.54) is 25.7 Å². The molecule has 0 aromatic rings. The van der Waals surface area contributed by atoms with Crippen molar-refractivity contribution in [3.8, 4) is 0 Å². The molecule has 3 heteroatoms. The smallest absolute Gasteiger partial charge is 0.222 e. The van der Waals surface area contributed by atoms with Crippen LogP contribution in [0.1, 0.15) is 65.2 Å². The second-order valence-corrected chi connectivity index (χ2v) is 5.53. The minimum absolute atomic E-state index is 0.339. The van der Waals surface area contributed by atoms with Crippen LogP contribution in [0.2, 0.25) is 0 Å². The molecule has 0 N–H and O–H groups in total. The predicted molar refractivity (Wildman–Crippen MR) is 74.6 cm³/mol. The molecule has 1 amide bonds. The Bertz CT molecular complexity index is 223. The van der Waals surface area contributed by atoms with Gasteiger partial charge in [-0.05, 0) is 46.0 Å². The van der Waals surface area contributed by atoms with Crippen molar-refractivity contribution in [2.45, 2.75) is 71.3 Å². The normalized spacial score (nSPS) is 16.3. The first kappa shape index (κ1) is 15.5. The minimum Gasteiger partial charge on any atom is -0.379 e. The van der Waals surface area contributed by atoms with E-state index in [0.717, 1.165) is 45.4 Å². The maximum atomic E-state index is 11.9. The Hall–Kier alpha value is -0.570. The summed E-state index contributed by atoms with van der Waals surface area (Å²) in [5.74, 6) is 0.369. The number of amides is 1. The average molecular weight is 255 g/mol. The van der Waals surface area contributed by atoms with E-state index in [4.69, 9.17) is 4.74 Å². The number of unbranched alkanes of at least 4 members (excludes halogenated alkanes) is 3. The van der Waals surface area contributed by atoms with E-state index in [0.29, 0.717) is 12.0 Å². The zero-order valence-electron chi connectivity index (χ0n) is 12.1. The van der Waals surface area contributed by atoms with Crippen LogP contribution < -0.4 is 0 Å². The van der Waals surface area contributed by atoms with Gasteiger partial charge in [0.2, 0.25) is 5.91 Å². The Morgan fingerprint density at radius 2 is 1.72 bits per heavy atom. The van der Waals surface area contributed by atoms with Crippen molar-refractivity contribution < 1.29 is 9.53 Å². The molecule has 1 rings (SSSR count). The van der Waals surface area contributed by atoms with E-state index < -0.39 is 0 Å². The number of hydrogen-bond acceptors (Lipinski definition) is 2. The summed E-state index contributed by atoms with van der Waals surface area (Å²) in [5.41, 5.74) is 0. The molecule has 0 aliphatic carbocycles. The maximum Gasteiger partial charge on any atom is 0.222 e. The molecule has 1 saturated heterocycles. The van der Waals surface area contributed by atoms with E-state index in [2.05, 4.69) is 13.8 Å². The number of likely N-dealkylation sites (tertiary alicyclic amines) is 1. The lowest BCUT2D eigenvalue weighted by Crippen LogP contribution is -2.35. The molecule has 0 spiro atoms. The maximum absolute atomic E-state index is 11.9. The van der Waals surface area contributed by atoms with Crippen molar-refractivity contribution in [2.75, 3.05) is 19.7 Å². The van der Waals surface area contributed by atoms with Crippen LogP contribution >= 0.6 is 0 Å². The first-order valence-electron chi connectivity index (χ1n) is 7.59. The molecule has 0 radical (unpaired) electrons. The Balaban J connectivity index is 1.92. The van der Waals surface area contributed by atoms with Gasteiger partial charge in [0, 0.05) is 26.1 Å². The molecule has 1 fully saturated rings. The number of carbonyl (C=O) groups excluding carboxylic acids is 1. The van der Waals surface area contributed by atoms with Gasteiger partial charge in [0.15, 0.2) is 0 Å². The highest BCUT2D eigenvalue weighted by Gasteiger charge is 2.15. The number of nitrogens with zero attached hydrogens (tertiary/aromatic N) is 1. The third kappa shape index (κ3) is 7.00. The number of piperidine rings is 1. The third-order valence-electron chi connectivity index (χ3n) is 3.44. The molecule has 0 aromatic carbocycles. The van der Waals surface area contributed by atoms with Gasteiger partial charge in [-0.15, -0.1) is 0 Å². The molecule has 1 aliphatic rings. The molecule has 3 nitrogen and oxygen atoms in total. The molecule has 18 heavy (non-hydrogen) atoms. The first-order chi connectivity index (χ1) is 8.70. The van der Waals surface area contributed by atoms with Crippen LogP contribution in [0.25, 0.3) is 0 Å². The third-order valence-corrected chi connectivity index (χ3v) is 3.44. The molecule has 1 aliphatic heterocycles. The van der Waals surface area contributed by atoms with Crippen LogP contribution in [-0.4, -0.2) is 36.6 Å². The largest absolute Gasteiger partial charge is 0.379 e. The summed E-state index contributed by atoms with van der Waals surface area (Å²) in [6.45, 7) is 6.97. The number of carbonyl (C=O) groups is 1. The highest BCUT2D eigenvalue weighted by molar-refractivity contribution is 5.76. The average Bonchev–Trinajstić information content (AvgIpc) is 2.38. The topological polar surface area (TPSA) is 29.5 Å². The van der Waals surface area contributed by atoms with Crippen molar-refractivity contribution >= 4 is 5.91 Å². The van der Waals surface area contributed by atoms with Crippen molar-refractivity contribution in [2.24, 2.45) is 0 Å². The summed E-state index contributed by atoms with van der Waals surface area (Å²) >= 11 is 0. The summed E-state index contributed by atoms with van der Waals surface area (Å²) in [6, 6.07) is 0. The molecule has 0 atom stereocenters. The second kappa shape index (κ2) is 9.37. The molecule has 0 bridgehead atoms. The monoisotopic (exact) mass is 255 g/mol. The molecule has 0 saturated carbocycles. The highest BCUT2D eigenvalue weighted by Crippen LogP contribution is 2.12. The predicted octanol–water partition coefficient (Wildman–Crippen LogP) is 3.37. The van der Waals surface area contributed by atoms with E-state index in [-0.39, 0.29) is 0 Å². The highest BCUT2D eigenvalue weighted by atomic mass is 16.5. The van der Waals surface area contributed by atoms with Gasteiger partial charge in [0.05, 0.1) is 6.10 Å². The van der Waals surface area contributed by atoms with Crippen LogP contribution in [0.15, 0.2) is 0 Å². The van der Waals surface area contributed by atoms with E-state index in [1.54, 1.807) is 0 Å². The molecule has 0 aromatic heterocycles.